The molecule has 0 aromatic heterocycles. The van der Waals surface area contributed by atoms with Gasteiger partial charge in [-0.1, -0.05) is 25.5 Å². The number of hydrogen-bond donors (Lipinski definition) is 0. The first kappa shape index (κ1) is 18.3. The summed E-state index contributed by atoms with van der Waals surface area (Å²) >= 11 is 0. The Hall–Kier alpha value is -3.46. The van der Waals surface area contributed by atoms with Crippen LogP contribution >= 0.6 is 0 Å². The highest BCUT2D eigenvalue weighted by molar-refractivity contribution is 6.22. The topological polar surface area (TPSA) is 87.5 Å². The van der Waals surface area contributed by atoms with Gasteiger partial charge in [-0.05, 0) is 42.3 Å². The minimum atomic E-state index is -0.613. The smallest absolute Gasteiger partial charge is 0.343 e. The molecule has 0 bridgehead atoms. The molecule has 1 heterocycles. The van der Waals surface area contributed by atoms with Gasteiger partial charge in [-0.15, -0.1) is 0 Å². The van der Waals surface area contributed by atoms with Crippen LogP contribution in [0.1, 0.15) is 56.4 Å². The number of amides is 2. The number of benzene rings is 2. The Kier molecular flexibility index (Phi) is 5.32. The lowest BCUT2D eigenvalue weighted by Crippen LogP contribution is -2.30. The van der Waals surface area contributed by atoms with Crippen molar-refractivity contribution in [1.82, 2.24) is 4.90 Å². The Labute approximate surface area is 157 Å². The van der Waals surface area contributed by atoms with Crippen molar-refractivity contribution in [1.29, 1.82) is 5.26 Å². The van der Waals surface area contributed by atoms with E-state index in [1.807, 2.05) is 13.0 Å². The number of carbonyl (C=O) groups excluding carboxylic acids is 3. The van der Waals surface area contributed by atoms with E-state index in [4.69, 9.17) is 10.00 Å². The maximum Gasteiger partial charge on any atom is 0.343 e. The molecular weight excluding hydrogens is 344 g/mol. The van der Waals surface area contributed by atoms with E-state index in [1.165, 1.54) is 23.1 Å². The van der Waals surface area contributed by atoms with Crippen LogP contribution in [0, 0.1) is 11.3 Å². The third kappa shape index (κ3) is 3.72. The molecule has 2 amide bonds. The van der Waals surface area contributed by atoms with Gasteiger partial charge in [-0.2, -0.15) is 5.26 Å². The van der Waals surface area contributed by atoms with E-state index in [9.17, 15) is 14.4 Å². The molecule has 0 N–H and O–H groups in total. The summed E-state index contributed by atoms with van der Waals surface area (Å²) in [7, 11) is 0. The van der Waals surface area contributed by atoms with Gasteiger partial charge in [0.1, 0.15) is 5.75 Å². The predicted octanol–water partition coefficient (Wildman–Crippen LogP) is 3.37. The molecule has 0 radical (unpaired) electrons. The Morgan fingerprint density at radius 3 is 2.44 bits per heavy atom. The van der Waals surface area contributed by atoms with Gasteiger partial charge in [0.05, 0.1) is 29.2 Å². The first-order chi connectivity index (χ1) is 13.0. The fraction of sp³-hybridized carbons (Fsp3) is 0.238. The van der Waals surface area contributed by atoms with Crippen molar-refractivity contribution in [3.05, 3.63) is 64.7 Å². The SMILES string of the molecule is CCCCN1C(=O)c2ccc(C(=O)Oc3ccc(CC#N)cc3)cc2C1=O. The third-order valence-electron chi connectivity index (χ3n) is 4.36. The molecular formula is C21H18N2O4. The van der Waals surface area contributed by atoms with E-state index >= 15 is 0 Å². The summed E-state index contributed by atoms with van der Waals surface area (Å²) in [5.74, 6) is -0.970. The summed E-state index contributed by atoms with van der Waals surface area (Å²) in [6.07, 6.45) is 1.89. The second kappa shape index (κ2) is 7.83. The predicted molar refractivity (Wildman–Crippen MR) is 97.4 cm³/mol. The van der Waals surface area contributed by atoms with Crippen molar-refractivity contribution in [2.24, 2.45) is 0 Å². The molecule has 2 aromatic rings. The second-order valence-electron chi connectivity index (χ2n) is 6.24. The molecule has 1 aliphatic rings. The average molecular weight is 362 g/mol. The zero-order valence-corrected chi connectivity index (χ0v) is 14.9. The fourth-order valence-electron chi connectivity index (χ4n) is 2.87. The number of nitriles is 1. The van der Waals surface area contributed by atoms with Crippen molar-refractivity contribution in [3.8, 4) is 11.8 Å². The summed E-state index contributed by atoms with van der Waals surface area (Å²) < 4.78 is 5.32. The lowest BCUT2D eigenvalue weighted by molar-refractivity contribution is 0.0651. The number of ether oxygens (including phenoxy) is 1. The van der Waals surface area contributed by atoms with Gasteiger partial charge < -0.3 is 4.74 Å². The molecule has 6 nitrogen and oxygen atoms in total. The molecule has 3 rings (SSSR count). The molecule has 0 saturated heterocycles. The molecule has 0 unspecified atom stereocenters. The van der Waals surface area contributed by atoms with Crippen LogP contribution in [-0.2, 0) is 6.42 Å². The van der Waals surface area contributed by atoms with Crippen LogP contribution in [-0.4, -0.2) is 29.2 Å². The second-order valence-corrected chi connectivity index (χ2v) is 6.24. The molecule has 0 aliphatic carbocycles. The number of nitrogens with zero attached hydrogens (tertiary/aromatic N) is 2. The number of esters is 1. The van der Waals surface area contributed by atoms with Gasteiger partial charge in [0.15, 0.2) is 0 Å². The maximum absolute atomic E-state index is 12.5. The highest BCUT2D eigenvalue weighted by Gasteiger charge is 2.35. The van der Waals surface area contributed by atoms with E-state index in [1.54, 1.807) is 24.3 Å². The number of imide groups is 1. The van der Waals surface area contributed by atoms with E-state index < -0.39 is 5.97 Å². The van der Waals surface area contributed by atoms with Gasteiger partial charge in [-0.3, -0.25) is 14.5 Å². The van der Waals surface area contributed by atoms with Crippen LogP contribution in [0.25, 0.3) is 0 Å². The molecule has 136 valence electrons. The Morgan fingerprint density at radius 1 is 1.07 bits per heavy atom. The summed E-state index contributed by atoms with van der Waals surface area (Å²) in [5, 5.41) is 8.68. The van der Waals surface area contributed by atoms with Gasteiger partial charge in [0.2, 0.25) is 0 Å². The zero-order valence-electron chi connectivity index (χ0n) is 14.9. The van der Waals surface area contributed by atoms with E-state index in [0.29, 0.717) is 17.9 Å². The van der Waals surface area contributed by atoms with Crippen molar-refractivity contribution in [2.75, 3.05) is 6.54 Å². The van der Waals surface area contributed by atoms with Crippen molar-refractivity contribution in [3.63, 3.8) is 0 Å². The van der Waals surface area contributed by atoms with Crippen LogP contribution in [0.15, 0.2) is 42.5 Å². The molecule has 0 atom stereocenters. The van der Waals surface area contributed by atoms with Crippen LogP contribution in [0.2, 0.25) is 0 Å². The van der Waals surface area contributed by atoms with Gasteiger partial charge in [0.25, 0.3) is 11.8 Å². The minimum absolute atomic E-state index is 0.202. The number of unbranched alkanes of at least 4 members (excludes halogenated alkanes) is 1. The van der Waals surface area contributed by atoms with Crippen molar-refractivity contribution < 1.29 is 19.1 Å². The third-order valence-corrected chi connectivity index (χ3v) is 4.36. The maximum atomic E-state index is 12.5. The molecule has 27 heavy (non-hydrogen) atoms. The summed E-state index contributed by atoms with van der Waals surface area (Å²) in [5.41, 5.74) is 1.57. The lowest BCUT2D eigenvalue weighted by atomic mass is 10.1. The standard InChI is InChI=1S/C21H18N2O4/c1-2-3-12-23-19(24)17-9-6-15(13-18(17)20(23)25)21(26)27-16-7-4-14(5-8-16)10-11-22/h4-9,13H,2-3,10,12H2,1H3. The Balaban J connectivity index is 1.77. The molecule has 0 spiro atoms. The molecule has 0 fully saturated rings. The van der Waals surface area contributed by atoms with Crippen molar-refractivity contribution >= 4 is 17.8 Å². The molecule has 0 saturated carbocycles. The number of rotatable bonds is 6. The van der Waals surface area contributed by atoms with Crippen LogP contribution in [0.4, 0.5) is 0 Å². The van der Waals surface area contributed by atoms with Crippen LogP contribution in [0.3, 0.4) is 0 Å². The molecule has 1 aliphatic heterocycles. The number of hydrogen-bond acceptors (Lipinski definition) is 5. The number of fused-ring (bicyclic) bond motifs is 1. The minimum Gasteiger partial charge on any atom is -0.423 e. The molecule has 6 heteroatoms. The summed E-state index contributed by atoms with van der Waals surface area (Å²) in [6, 6.07) is 13.1. The van der Waals surface area contributed by atoms with Crippen LogP contribution in [0.5, 0.6) is 5.75 Å². The monoisotopic (exact) mass is 362 g/mol. The summed E-state index contributed by atoms with van der Waals surface area (Å²) in [6.45, 7) is 2.36. The normalized spacial score (nSPS) is 12.7. The average Bonchev–Trinajstić information content (AvgIpc) is 2.92. The Morgan fingerprint density at radius 2 is 1.78 bits per heavy atom. The molecule has 2 aromatic carbocycles. The first-order valence-corrected chi connectivity index (χ1v) is 8.73. The quantitative estimate of drug-likeness (QED) is 0.447. The highest BCUT2D eigenvalue weighted by atomic mass is 16.5. The largest absolute Gasteiger partial charge is 0.423 e. The highest BCUT2D eigenvalue weighted by Crippen LogP contribution is 2.25. The number of carbonyl (C=O) groups is 3. The van der Waals surface area contributed by atoms with E-state index in [2.05, 4.69) is 0 Å². The summed E-state index contributed by atoms with van der Waals surface area (Å²) in [4.78, 5) is 38.4. The first-order valence-electron chi connectivity index (χ1n) is 8.73. The van der Waals surface area contributed by atoms with E-state index in [0.717, 1.165) is 18.4 Å². The van der Waals surface area contributed by atoms with Crippen molar-refractivity contribution in [2.45, 2.75) is 26.2 Å². The van der Waals surface area contributed by atoms with Crippen LogP contribution < -0.4 is 4.74 Å². The fourth-order valence-corrected chi connectivity index (χ4v) is 2.87. The zero-order chi connectivity index (χ0) is 19.4. The van der Waals surface area contributed by atoms with Gasteiger partial charge in [0, 0.05) is 6.54 Å². The lowest BCUT2D eigenvalue weighted by Gasteiger charge is -2.12. The Bertz CT molecular complexity index is 942. The van der Waals surface area contributed by atoms with Gasteiger partial charge >= 0.3 is 5.97 Å². The van der Waals surface area contributed by atoms with Gasteiger partial charge in [-0.25, -0.2) is 4.79 Å². The van der Waals surface area contributed by atoms with E-state index in [-0.39, 0.29) is 29.4 Å².